The number of morpholine rings is 1. The van der Waals surface area contributed by atoms with Crippen molar-refractivity contribution in [3.8, 4) is 0 Å². The summed E-state index contributed by atoms with van der Waals surface area (Å²) in [7, 11) is 0. The van der Waals surface area contributed by atoms with Gasteiger partial charge in [0, 0.05) is 58.9 Å². The first-order valence-corrected chi connectivity index (χ1v) is 11.6. The highest BCUT2D eigenvalue weighted by Gasteiger charge is 2.42. The van der Waals surface area contributed by atoms with Crippen molar-refractivity contribution in [1.82, 2.24) is 19.6 Å². The average Bonchev–Trinajstić information content (AvgIpc) is 3.03. The quantitative estimate of drug-likeness (QED) is 0.610. The van der Waals surface area contributed by atoms with Crippen LogP contribution in [-0.4, -0.2) is 115 Å². The zero-order valence-electron chi connectivity index (χ0n) is 19.2. The lowest BCUT2D eigenvalue weighted by Crippen LogP contribution is -2.48. The van der Waals surface area contributed by atoms with Crippen LogP contribution in [0.25, 0.3) is 5.57 Å². The number of rotatable bonds is 7. The molecule has 1 aromatic carbocycles. The van der Waals surface area contributed by atoms with E-state index in [1.54, 1.807) is 0 Å². The number of amides is 2. The molecule has 3 heterocycles. The fourth-order valence-corrected chi connectivity index (χ4v) is 4.80. The van der Waals surface area contributed by atoms with E-state index in [2.05, 4.69) is 20.8 Å². The minimum atomic E-state index is -0.192. The minimum Gasteiger partial charge on any atom is -0.395 e. The van der Waals surface area contributed by atoms with Gasteiger partial charge in [-0.05, 0) is 25.0 Å². The number of benzene rings is 1. The number of aryl methyl sites for hydroxylation is 2. The first kappa shape index (κ1) is 22.9. The Kier molecular flexibility index (Phi) is 7.25. The van der Waals surface area contributed by atoms with Crippen LogP contribution in [0.2, 0.25) is 0 Å². The van der Waals surface area contributed by atoms with Gasteiger partial charge in [-0.3, -0.25) is 24.3 Å². The molecule has 32 heavy (non-hydrogen) atoms. The Morgan fingerprint density at radius 1 is 0.875 bits per heavy atom. The molecule has 174 valence electrons. The highest BCUT2D eigenvalue weighted by Crippen LogP contribution is 2.34. The number of β-amino-alcohol motifs (C(OH)–C–C–N with tert-alkyl or cyclic N) is 1. The molecule has 2 saturated heterocycles. The second-order valence-corrected chi connectivity index (χ2v) is 8.81. The highest BCUT2D eigenvalue weighted by atomic mass is 16.5. The molecule has 2 amide bonds. The number of aliphatic hydroxyl groups is 1. The molecule has 3 aliphatic rings. The average molecular weight is 443 g/mol. The standard InChI is InChI=1S/C24H34N4O4/c1-18-3-4-20(19(2)17-18)21-22(27-8-5-25(6-9-27)11-14-29)24(31)28(23(21)30)10-7-26-12-15-32-16-13-26/h3-4,17,29H,5-16H2,1-2H3. The molecule has 0 unspecified atom stereocenters. The number of aliphatic hydroxyl groups excluding tert-OH is 1. The smallest absolute Gasteiger partial charge is 0.277 e. The molecule has 0 aliphatic carbocycles. The van der Waals surface area contributed by atoms with Crippen molar-refractivity contribution in [2.75, 3.05) is 78.7 Å². The summed E-state index contributed by atoms with van der Waals surface area (Å²) in [6.45, 7) is 11.7. The Hall–Kier alpha value is -2.26. The summed E-state index contributed by atoms with van der Waals surface area (Å²) in [5.74, 6) is -0.378. The van der Waals surface area contributed by atoms with Gasteiger partial charge >= 0.3 is 0 Å². The summed E-state index contributed by atoms with van der Waals surface area (Å²) in [5.41, 5.74) is 4.05. The van der Waals surface area contributed by atoms with Crippen molar-refractivity contribution in [2.45, 2.75) is 13.8 Å². The maximum atomic E-state index is 13.6. The van der Waals surface area contributed by atoms with Crippen molar-refractivity contribution in [3.63, 3.8) is 0 Å². The summed E-state index contributed by atoms with van der Waals surface area (Å²) in [6, 6.07) is 6.03. The topological polar surface area (TPSA) is 76.6 Å². The van der Waals surface area contributed by atoms with Crippen molar-refractivity contribution >= 4 is 17.4 Å². The molecule has 3 aliphatic heterocycles. The number of hydrogen-bond acceptors (Lipinski definition) is 7. The van der Waals surface area contributed by atoms with Gasteiger partial charge in [-0.1, -0.05) is 23.8 Å². The van der Waals surface area contributed by atoms with E-state index in [-0.39, 0.29) is 18.4 Å². The molecule has 2 fully saturated rings. The minimum absolute atomic E-state index is 0.128. The summed E-state index contributed by atoms with van der Waals surface area (Å²) >= 11 is 0. The molecular weight excluding hydrogens is 408 g/mol. The second-order valence-electron chi connectivity index (χ2n) is 8.81. The van der Waals surface area contributed by atoms with E-state index in [1.807, 2.05) is 26.0 Å². The van der Waals surface area contributed by atoms with E-state index in [9.17, 15) is 14.7 Å². The largest absolute Gasteiger partial charge is 0.395 e. The first-order valence-electron chi connectivity index (χ1n) is 11.6. The Morgan fingerprint density at radius 3 is 2.22 bits per heavy atom. The molecule has 0 atom stereocenters. The van der Waals surface area contributed by atoms with Gasteiger partial charge in [-0.25, -0.2) is 0 Å². The Morgan fingerprint density at radius 2 is 1.56 bits per heavy atom. The first-order chi connectivity index (χ1) is 15.5. The molecule has 4 rings (SSSR count). The number of imide groups is 1. The lowest BCUT2D eigenvalue weighted by molar-refractivity contribution is -0.138. The summed E-state index contributed by atoms with van der Waals surface area (Å²) in [4.78, 5) is 35.1. The second kappa shape index (κ2) is 10.1. The van der Waals surface area contributed by atoms with Gasteiger partial charge in [0.25, 0.3) is 11.8 Å². The van der Waals surface area contributed by atoms with E-state index >= 15 is 0 Å². The number of carbonyl (C=O) groups is 2. The van der Waals surface area contributed by atoms with Gasteiger partial charge in [-0.15, -0.1) is 0 Å². The molecule has 8 nitrogen and oxygen atoms in total. The van der Waals surface area contributed by atoms with Crippen molar-refractivity contribution in [3.05, 3.63) is 40.6 Å². The Bertz CT molecular complexity index is 886. The Labute approximate surface area is 190 Å². The van der Waals surface area contributed by atoms with Crippen molar-refractivity contribution in [2.24, 2.45) is 0 Å². The zero-order valence-corrected chi connectivity index (χ0v) is 19.2. The van der Waals surface area contributed by atoms with Crippen LogP contribution in [0, 0.1) is 13.8 Å². The van der Waals surface area contributed by atoms with Crippen LogP contribution in [0.4, 0.5) is 0 Å². The van der Waals surface area contributed by atoms with Crippen molar-refractivity contribution in [1.29, 1.82) is 0 Å². The Balaban J connectivity index is 1.60. The van der Waals surface area contributed by atoms with Crippen LogP contribution in [0.1, 0.15) is 16.7 Å². The van der Waals surface area contributed by atoms with Gasteiger partial charge in [0.2, 0.25) is 0 Å². The number of nitrogens with zero attached hydrogens (tertiary/aromatic N) is 4. The van der Waals surface area contributed by atoms with Crippen LogP contribution >= 0.6 is 0 Å². The molecule has 8 heteroatoms. The summed E-state index contributed by atoms with van der Waals surface area (Å²) in [6.07, 6.45) is 0. The monoisotopic (exact) mass is 442 g/mol. The van der Waals surface area contributed by atoms with Crippen LogP contribution in [0.15, 0.2) is 23.9 Å². The van der Waals surface area contributed by atoms with Gasteiger partial charge in [0.1, 0.15) is 5.70 Å². The lowest BCUT2D eigenvalue weighted by Gasteiger charge is -2.36. The lowest BCUT2D eigenvalue weighted by atomic mass is 9.97. The predicted molar refractivity (Wildman–Crippen MR) is 122 cm³/mol. The van der Waals surface area contributed by atoms with Gasteiger partial charge < -0.3 is 14.7 Å². The molecule has 1 N–H and O–H groups in total. The molecule has 0 bridgehead atoms. The molecule has 1 aromatic rings. The zero-order chi connectivity index (χ0) is 22.7. The van der Waals surface area contributed by atoms with E-state index in [0.29, 0.717) is 57.2 Å². The van der Waals surface area contributed by atoms with Crippen LogP contribution in [0.3, 0.4) is 0 Å². The molecule has 0 aromatic heterocycles. The van der Waals surface area contributed by atoms with Gasteiger partial charge in [-0.2, -0.15) is 0 Å². The van der Waals surface area contributed by atoms with Crippen LogP contribution < -0.4 is 0 Å². The molecule has 0 spiro atoms. The number of hydrogen-bond donors (Lipinski definition) is 1. The highest BCUT2D eigenvalue weighted by molar-refractivity contribution is 6.35. The van der Waals surface area contributed by atoms with E-state index < -0.39 is 0 Å². The van der Waals surface area contributed by atoms with Crippen LogP contribution in [0.5, 0.6) is 0 Å². The third kappa shape index (κ3) is 4.73. The van der Waals surface area contributed by atoms with E-state index in [0.717, 1.165) is 42.9 Å². The van der Waals surface area contributed by atoms with Crippen molar-refractivity contribution < 1.29 is 19.4 Å². The maximum Gasteiger partial charge on any atom is 0.277 e. The number of carbonyl (C=O) groups excluding carboxylic acids is 2. The van der Waals surface area contributed by atoms with E-state index in [1.165, 1.54) is 4.90 Å². The molecular formula is C24H34N4O4. The third-order valence-electron chi connectivity index (χ3n) is 6.64. The van der Waals surface area contributed by atoms with Gasteiger partial charge in [0.05, 0.1) is 25.4 Å². The van der Waals surface area contributed by atoms with E-state index in [4.69, 9.17) is 4.74 Å². The maximum absolute atomic E-state index is 13.6. The SMILES string of the molecule is Cc1ccc(C2=C(N3CCN(CCO)CC3)C(=O)N(CCN3CCOCC3)C2=O)c(C)c1. The fraction of sp³-hybridized carbons (Fsp3) is 0.583. The molecule has 0 radical (unpaired) electrons. The number of ether oxygens (including phenoxy) is 1. The molecule has 0 saturated carbocycles. The third-order valence-corrected chi connectivity index (χ3v) is 6.64. The number of piperazine rings is 1. The van der Waals surface area contributed by atoms with Crippen LogP contribution in [-0.2, 0) is 14.3 Å². The summed E-state index contributed by atoms with van der Waals surface area (Å²) < 4.78 is 5.41. The normalized spacial score (nSPS) is 21.2. The van der Waals surface area contributed by atoms with Gasteiger partial charge in [0.15, 0.2) is 0 Å². The predicted octanol–water partition coefficient (Wildman–Crippen LogP) is 0.325. The fourth-order valence-electron chi connectivity index (χ4n) is 4.80. The summed E-state index contributed by atoms with van der Waals surface area (Å²) in [5, 5.41) is 9.24.